The molecule has 0 heterocycles. The molecule has 1 nitrogen and oxygen atoms in total. The first-order valence-electron chi connectivity index (χ1n) is 6.91. The van der Waals surface area contributed by atoms with Gasteiger partial charge in [-0.05, 0) is 48.3 Å². The Morgan fingerprint density at radius 3 is 2.28 bits per heavy atom. The number of hydrogen-bond donors (Lipinski definition) is 1. The summed E-state index contributed by atoms with van der Waals surface area (Å²) in [6.45, 7) is 13.0. The van der Waals surface area contributed by atoms with Crippen LogP contribution in [0.2, 0.25) is 0 Å². The largest absolute Gasteiger partial charge is 0.328 e. The topological polar surface area (TPSA) is 26.0 Å². The minimum atomic E-state index is 0.250. The molecular weight excluding hydrogens is 218 g/mol. The van der Waals surface area contributed by atoms with Crippen molar-refractivity contribution in [2.24, 2.45) is 5.73 Å². The van der Waals surface area contributed by atoms with Gasteiger partial charge >= 0.3 is 0 Å². The van der Waals surface area contributed by atoms with Crippen molar-refractivity contribution in [1.29, 1.82) is 0 Å². The van der Waals surface area contributed by atoms with E-state index in [2.05, 4.69) is 51.6 Å². The summed E-state index contributed by atoms with van der Waals surface area (Å²) in [6.07, 6.45) is 3.13. The second-order valence-corrected chi connectivity index (χ2v) is 5.93. The van der Waals surface area contributed by atoms with Crippen molar-refractivity contribution in [3.05, 3.63) is 42.0 Å². The van der Waals surface area contributed by atoms with Crippen LogP contribution in [-0.2, 0) is 5.41 Å². The van der Waals surface area contributed by atoms with Crippen molar-refractivity contribution in [2.75, 3.05) is 0 Å². The molecule has 2 N–H and O–H groups in total. The quantitative estimate of drug-likeness (QED) is 0.783. The summed E-state index contributed by atoms with van der Waals surface area (Å²) in [4.78, 5) is 0. The van der Waals surface area contributed by atoms with Crippen molar-refractivity contribution in [3.63, 3.8) is 0 Å². The van der Waals surface area contributed by atoms with Gasteiger partial charge in [-0.1, -0.05) is 51.6 Å². The summed E-state index contributed by atoms with van der Waals surface area (Å²) in [7, 11) is 0. The van der Waals surface area contributed by atoms with Crippen molar-refractivity contribution in [3.8, 4) is 0 Å². The summed E-state index contributed by atoms with van der Waals surface area (Å²) in [5.41, 5.74) is 9.86. The van der Waals surface area contributed by atoms with Crippen molar-refractivity contribution >= 4 is 5.57 Å². The molecule has 18 heavy (non-hydrogen) atoms. The molecule has 1 aromatic rings. The fourth-order valence-corrected chi connectivity index (χ4v) is 1.91. The van der Waals surface area contributed by atoms with Gasteiger partial charge in [0.25, 0.3) is 0 Å². The summed E-state index contributed by atoms with van der Waals surface area (Å²) >= 11 is 0. The number of hydrogen-bond acceptors (Lipinski definition) is 1. The Labute approximate surface area is 112 Å². The molecule has 0 saturated heterocycles. The number of benzene rings is 1. The lowest BCUT2D eigenvalue weighted by atomic mass is 9.81. The number of allylic oxidation sites excluding steroid dienone is 1. The van der Waals surface area contributed by atoms with Gasteiger partial charge in [0.15, 0.2) is 0 Å². The van der Waals surface area contributed by atoms with Crippen LogP contribution in [0.1, 0.15) is 58.1 Å². The Morgan fingerprint density at radius 2 is 1.83 bits per heavy atom. The molecule has 0 aromatic heterocycles. The second kappa shape index (κ2) is 6.19. The SMILES string of the molecule is C=C(CCC(C)N)c1ccc(C(C)(C)CC)cc1. The van der Waals surface area contributed by atoms with Crippen molar-refractivity contribution in [2.45, 2.75) is 58.4 Å². The lowest BCUT2D eigenvalue weighted by Gasteiger charge is -2.23. The van der Waals surface area contributed by atoms with Gasteiger partial charge in [-0.25, -0.2) is 0 Å². The minimum absolute atomic E-state index is 0.250. The first-order valence-corrected chi connectivity index (χ1v) is 6.91. The van der Waals surface area contributed by atoms with Crippen LogP contribution in [0, 0.1) is 0 Å². The standard InChI is InChI=1S/C17H27N/c1-6-17(4,5)16-11-9-15(10-12-16)13(2)7-8-14(3)18/h9-12,14H,2,6-8,18H2,1,3-5H3. The highest BCUT2D eigenvalue weighted by molar-refractivity contribution is 5.63. The third-order valence-corrected chi connectivity index (χ3v) is 3.86. The molecule has 0 aliphatic rings. The fraction of sp³-hybridized carbons (Fsp3) is 0.529. The highest BCUT2D eigenvalue weighted by atomic mass is 14.6. The Bertz CT molecular complexity index is 385. The molecule has 0 saturated carbocycles. The van der Waals surface area contributed by atoms with E-state index in [0.29, 0.717) is 0 Å². The van der Waals surface area contributed by atoms with Crippen LogP contribution in [-0.4, -0.2) is 6.04 Å². The lowest BCUT2D eigenvalue weighted by Crippen LogP contribution is -2.15. The van der Waals surface area contributed by atoms with Crippen LogP contribution in [0.5, 0.6) is 0 Å². The van der Waals surface area contributed by atoms with E-state index in [1.807, 2.05) is 6.92 Å². The van der Waals surface area contributed by atoms with E-state index in [9.17, 15) is 0 Å². The second-order valence-electron chi connectivity index (χ2n) is 5.93. The summed E-state index contributed by atoms with van der Waals surface area (Å²) in [5, 5.41) is 0. The molecule has 0 amide bonds. The van der Waals surface area contributed by atoms with Crippen LogP contribution in [0.25, 0.3) is 5.57 Å². The predicted molar refractivity (Wildman–Crippen MR) is 81.7 cm³/mol. The maximum atomic E-state index is 5.78. The molecule has 1 atom stereocenters. The third kappa shape index (κ3) is 3.99. The third-order valence-electron chi connectivity index (χ3n) is 3.86. The molecule has 0 aliphatic carbocycles. The van der Waals surface area contributed by atoms with Gasteiger partial charge < -0.3 is 5.73 Å². The fourth-order valence-electron chi connectivity index (χ4n) is 1.91. The zero-order valence-electron chi connectivity index (χ0n) is 12.3. The lowest BCUT2D eigenvalue weighted by molar-refractivity contribution is 0.506. The van der Waals surface area contributed by atoms with E-state index in [0.717, 1.165) is 19.3 Å². The molecule has 0 radical (unpaired) electrons. The van der Waals surface area contributed by atoms with Crippen LogP contribution in [0.3, 0.4) is 0 Å². The molecule has 1 rings (SSSR count). The van der Waals surface area contributed by atoms with Gasteiger partial charge in [0.1, 0.15) is 0 Å². The molecule has 1 unspecified atom stereocenters. The summed E-state index contributed by atoms with van der Waals surface area (Å²) in [6, 6.07) is 9.10. The van der Waals surface area contributed by atoms with Crippen LogP contribution >= 0.6 is 0 Å². The van der Waals surface area contributed by atoms with Gasteiger partial charge in [-0.2, -0.15) is 0 Å². The zero-order chi connectivity index (χ0) is 13.8. The average Bonchev–Trinajstić information content (AvgIpc) is 2.36. The molecule has 100 valence electrons. The van der Waals surface area contributed by atoms with Gasteiger partial charge in [0.2, 0.25) is 0 Å². The Balaban J connectivity index is 2.74. The van der Waals surface area contributed by atoms with Crippen molar-refractivity contribution < 1.29 is 0 Å². The van der Waals surface area contributed by atoms with E-state index >= 15 is 0 Å². The molecule has 0 spiro atoms. The highest BCUT2D eigenvalue weighted by Gasteiger charge is 2.17. The predicted octanol–water partition coefficient (Wildman–Crippen LogP) is 4.51. The van der Waals surface area contributed by atoms with Crippen LogP contribution in [0.15, 0.2) is 30.8 Å². The van der Waals surface area contributed by atoms with E-state index in [4.69, 9.17) is 5.73 Å². The van der Waals surface area contributed by atoms with Gasteiger partial charge in [0, 0.05) is 6.04 Å². The number of nitrogens with two attached hydrogens (primary N) is 1. The van der Waals surface area contributed by atoms with Gasteiger partial charge in [-0.3, -0.25) is 0 Å². The van der Waals surface area contributed by atoms with E-state index in [-0.39, 0.29) is 11.5 Å². The normalized spacial score (nSPS) is 13.4. The molecule has 0 bridgehead atoms. The van der Waals surface area contributed by atoms with Gasteiger partial charge in [0.05, 0.1) is 0 Å². The molecule has 0 fully saturated rings. The zero-order valence-corrected chi connectivity index (χ0v) is 12.3. The van der Waals surface area contributed by atoms with E-state index in [1.54, 1.807) is 0 Å². The maximum Gasteiger partial charge on any atom is 0.00136 e. The van der Waals surface area contributed by atoms with Gasteiger partial charge in [-0.15, -0.1) is 0 Å². The minimum Gasteiger partial charge on any atom is -0.328 e. The first-order chi connectivity index (χ1) is 8.36. The smallest absolute Gasteiger partial charge is 0.00136 e. The molecule has 1 heteroatoms. The first kappa shape index (κ1) is 15.0. The Hall–Kier alpha value is -1.08. The molecular formula is C17H27N. The monoisotopic (exact) mass is 245 g/mol. The summed E-state index contributed by atoms with van der Waals surface area (Å²) in [5.74, 6) is 0. The van der Waals surface area contributed by atoms with Crippen LogP contribution < -0.4 is 5.73 Å². The number of rotatable bonds is 6. The average molecular weight is 245 g/mol. The van der Waals surface area contributed by atoms with E-state index < -0.39 is 0 Å². The van der Waals surface area contributed by atoms with E-state index in [1.165, 1.54) is 16.7 Å². The Kier molecular flexibility index (Phi) is 5.15. The highest BCUT2D eigenvalue weighted by Crippen LogP contribution is 2.28. The maximum absolute atomic E-state index is 5.78. The Morgan fingerprint density at radius 1 is 1.28 bits per heavy atom. The van der Waals surface area contributed by atoms with Crippen molar-refractivity contribution in [1.82, 2.24) is 0 Å². The molecule has 0 aliphatic heterocycles. The summed E-state index contributed by atoms with van der Waals surface area (Å²) < 4.78 is 0. The molecule has 1 aromatic carbocycles. The van der Waals surface area contributed by atoms with Crippen LogP contribution in [0.4, 0.5) is 0 Å².